The maximum atomic E-state index is 2.12. The molecular formula is C9H12. The van der Waals surface area contributed by atoms with E-state index in [4.69, 9.17) is 0 Å². The Morgan fingerprint density at radius 2 is 1.11 bits per heavy atom. The van der Waals surface area contributed by atoms with E-state index in [2.05, 4.69) is 38.1 Å². The van der Waals surface area contributed by atoms with E-state index in [0.717, 1.165) is 0 Å². The minimum Gasteiger partial charge on any atom is -0.0656 e. The van der Waals surface area contributed by atoms with Gasteiger partial charge in [-0.2, -0.15) is 0 Å². The summed E-state index contributed by atoms with van der Waals surface area (Å²) in [6, 6.07) is 8.48. The third-order valence-electron chi connectivity index (χ3n) is 1.22. The summed E-state index contributed by atoms with van der Waals surface area (Å²) in [5.74, 6) is 0. The quantitative estimate of drug-likeness (QED) is 0.501. The highest BCUT2D eigenvalue weighted by atomic mass is 14.1. The van der Waals surface area contributed by atoms with Gasteiger partial charge in [0.05, 0.1) is 0 Å². The molecule has 0 bridgehead atoms. The SMILES string of the molecule is CCC.c1cc2ccc1-2. The average Bonchev–Trinajstić information content (AvgIpc) is 1.81. The number of hydrogen-bond donors (Lipinski definition) is 0. The number of benzene rings is 1. The van der Waals surface area contributed by atoms with Crippen molar-refractivity contribution in [2.24, 2.45) is 0 Å². The summed E-state index contributed by atoms with van der Waals surface area (Å²) in [5, 5.41) is 0. The van der Waals surface area contributed by atoms with Crippen LogP contribution in [0.25, 0.3) is 11.1 Å². The van der Waals surface area contributed by atoms with Crippen LogP contribution in [0.4, 0.5) is 0 Å². The molecule has 0 N–H and O–H groups in total. The fourth-order valence-corrected chi connectivity index (χ4v) is 0.663. The lowest BCUT2D eigenvalue weighted by molar-refractivity contribution is 1.09. The van der Waals surface area contributed by atoms with Gasteiger partial charge in [0.25, 0.3) is 0 Å². The molecule has 9 heavy (non-hydrogen) atoms. The van der Waals surface area contributed by atoms with Gasteiger partial charge in [0, 0.05) is 0 Å². The molecule has 0 saturated heterocycles. The summed E-state index contributed by atoms with van der Waals surface area (Å²) in [5.41, 5.74) is 2.85. The van der Waals surface area contributed by atoms with Crippen LogP contribution in [0.5, 0.6) is 0 Å². The number of rotatable bonds is 0. The van der Waals surface area contributed by atoms with E-state index in [-0.39, 0.29) is 0 Å². The normalized spacial score (nSPS) is 9.56. The molecule has 0 spiro atoms. The van der Waals surface area contributed by atoms with Crippen LogP contribution < -0.4 is 0 Å². The fourth-order valence-electron chi connectivity index (χ4n) is 0.663. The van der Waals surface area contributed by atoms with E-state index in [1.165, 1.54) is 17.5 Å². The van der Waals surface area contributed by atoms with Crippen LogP contribution in [-0.2, 0) is 0 Å². The molecule has 2 rings (SSSR count). The highest BCUT2D eigenvalue weighted by Gasteiger charge is 2.03. The zero-order valence-electron chi connectivity index (χ0n) is 6.02. The Balaban J connectivity index is 0.000000120. The van der Waals surface area contributed by atoms with Gasteiger partial charge in [0.1, 0.15) is 0 Å². The van der Waals surface area contributed by atoms with E-state index >= 15 is 0 Å². The molecule has 0 unspecified atom stereocenters. The van der Waals surface area contributed by atoms with E-state index < -0.39 is 0 Å². The summed E-state index contributed by atoms with van der Waals surface area (Å²) < 4.78 is 0. The highest BCUT2D eigenvalue weighted by molar-refractivity contribution is 5.75. The molecule has 0 fully saturated rings. The second-order valence-corrected chi connectivity index (χ2v) is 2.28. The lowest BCUT2D eigenvalue weighted by Crippen LogP contribution is -1.85. The van der Waals surface area contributed by atoms with Crippen LogP contribution in [0.15, 0.2) is 24.3 Å². The molecular weight excluding hydrogens is 108 g/mol. The van der Waals surface area contributed by atoms with Crippen molar-refractivity contribution in [3.8, 4) is 11.1 Å². The summed E-state index contributed by atoms with van der Waals surface area (Å²) in [6.07, 6.45) is 1.25. The topological polar surface area (TPSA) is 0 Å². The first-order valence-electron chi connectivity index (χ1n) is 3.49. The van der Waals surface area contributed by atoms with E-state index in [1.54, 1.807) is 0 Å². The van der Waals surface area contributed by atoms with Gasteiger partial charge in [-0.05, 0) is 11.1 Å². The van der Waals surface area contributed by atoms with Crippen LogP contribution in [0.1, 0.15) is 20.3 Å². The van der Waals surface area contributed by atoms with Crippen molar-refractivity contribution in [2.45, 2.75) is 20.3 Å². The smallest absolute Gasteiger partial charge is 0.0184 e. The summed E-state index contributed by atoms with van der Waals surface area (Å²) in [4.78, 5) is 0. The van der Waals surface area contributed by atoms with Crippen LogP contribution >= 0.6 is 0 Å². The average molecular weight is 120 g/mol. The molecule has 0 nitrogen and oxygen atoms in total. The van der Waals surface area contributed by atoms with Crippen LogP contribution in [-0.4, -0.2) is 0 Å². The predicted octanol–water partition coefficient (Wildman–Crippen LogP) is 3.08. The standard InChI is InChI=1S/C6H4.C3H8/c1-2-6-4-3-5(1)6;1-3-2/h1-4H;3H2,1-2H3. The third kappa shape index (κ3) is 1.13. The van der Waals surface area contributed by atoms with Gasteiger partial charge in [-0.25, -0.2) is 0 Å². The summed E-state index contributed by atoms with van der Waals surface area (Å²) >= 11 is 0. The maximum Gasteiger partial charge on any atom is -0.0184 e. The van der Waals surface area contributed by atoms with Crippen LogP contribution in [0.2, 0.25) is 0 Å². The van der Waals surface area contributed by atoms with Crippen molar-refractivity contribution in [1.82, 2.24) is 0 Å². The molecule has 0 amide bonds. The zero-order valence-corrected chi connectivity index (χ0v) is 6.02. The summed E-state index contributed by atoms with van der Waals surface area (Å²) in [6.45, 7) is 4.25. The maximum absolute atomic E-state index is 2.12. The van der Waals surface area contributed by atoms with Crippen molar-refractivity contribution in [3.63, 3.8) is 0 Å². The zero-order chi connectivity index (χ0) is 6.69. The van der Waals surface area contributed by atoms with Crippen molar-refractivity contribution < 1.29 is 0 Å². The second kappa shape index (κ2) is 2.67. The molecule has 2 aliphatic carbocycles. The van der Waals surface area contributed by atoms with Crippen molar-refractivity contribution in [3.05, 3.63) is 24.3 Å². The monoisotopic (exact) mass is 120 g/mol. The molecule has 0 aromatic heterocycles. The van der Waals surface area contributed by atoms with E-state index in [9.17, 15) is 0 Å². The van der Waals surface area contributed by atoms with Crippen LogP contribution in [0, 0.1) is 0 Å². The Morgan fingerprint density at radius 1 is 0.889 bits per heavy atom. The lowest BCUT2D eigenvalue weighted by atomic mass is 9.95. The molecule has 0 atom stereocenters. The second-order valence-electron chi connectivity index (χ2n) is 2.28. The molecule has 2 aliphatic rings. The Kier molecular flexibility index (Phi) is 1.88. The van der Waals surface area contributed by atoms with E-state index in [0.29, 0.717) is 0 Å². The first-order valence-corrected chi connectivity index (χ1v) is 3.49. The van der Waals surface area contributed by atoms with Crippen LogP contribution in [0.3, 0.4) is 0 Å². The van der Waals surface area contributed by atoms with Gasteiger partial charge >= 0.3 is 0 Å². The molecule has 0 aromatic rings. The Morgan fingerprint density at radius 3 is 1.11 bits per heavy atom. The number of fused-ring (bicyclic) bond motifs is 1. The molecule has 0 radical (unpaired) electrons. The Bertz CT molecular complexity index is 151. The van der Waals surface area contributed by atoms with Gasteiger partial charge in [-0.15, -0.1) is 0 Å². The molecule has 0 saturated carbocycles. The summed E-state index contributed by atoms with van der Waals surface area (Å²) in [7, 11) is 0. The van der Waals surface area contributed by atoms with Gasteiger partial charge in [-0.1, -0.05) is 44.5 Å². The predicted molar refractivity (Wildman–Crippen MR) is 41.4 cm³/mol. The van der Waals surface area contributed by atoms with Crippen molar-refractivity contribution in [1.29, 1.82) is 0 Å². The first-order chi connectivity index (χ1) is 4.38. The molecule has 0 heterocycles. The minimum absolute atomic E-state index is 1.25. The molecule has 0 heteroatoms. The van der Waals surface area contributed by atoms with E-state index in [1.807, 2.05) is 0 Å². The molecule has 0 aromatic carbocycles. The third-order valence-corrected chi connectivity index (χ3v) is 1.22. The molecule has 48 valence electrons. The first kappa shape index (κ1) is 6.34. The Labute approximate surface area is 56.5 Å². The van der Waals surface area contributed by atoms with Gasteiger partial charge < -0.3 is 0 Å². The largest absolute Gasteiger partial charge is 0.0656 e. The molecule has 0 aliphatic heterocycles. The highest BCUT2D eigenvalue weighted by Crippen LogP contribution is 2.29. The number of hydrogen-bond acceptors (Lipinski definition) is 0. The van der Waals surface area contributed by atoms with Crippen molar-refractivity contribution >= 4 is 0 Å². The minimum atomic E-state index is 1.25. The Hall–Kier alpha value is -0.780. The fraction of sp³-hybridized carbons (Fsp3) is 0.333. The lowest BCUT2D eigenvalue weighted by Gasteiger charge is -2.10. The van der Waals surface area contributed by atoms with Gasteiger partial charge in [0.2, 0.25) is 0 Å². The van der Waals surface area contributed by atoms with Gasteiger partial charge in [-0.3, -0.25) is 0 Å². The van der Waals surface area contributed by atoms with Crippen molar-refractivity contribution in [2.75, 3.05) is 0 Å². The van der Waals surface area contributed by atoms with Gasteiger partial charge in [0.15, 0.2) is 0 Å².